The molecule has 2 aromatic carbocycles. The molecule has 0 saturated heterocycles. The van der Waals surface area contributed by atoms with Crippen LogP contribution in [0.5, 0.6) is 0 Å². The van der Waals surface area contributed by atoms with Crippen LogP contribution in [-0.4, -0.2) is 42.3 Å². The lowest BCUT2D eigenvalue weighted by molar-refractivity contribution is -0.116. The summed E-state index contributed by atoms with van der Waals surface area (Å²) in [4.78, 5) is 38.0. The molecule has 0 unspecified atom stereocenters. The summed E-state index contributed by atoms with van der Waals surface area (Å²) in [6.07, 6.45) is 0.402. The van der Waals surface area contributed by atoms with Gasteiger partial charge in [0, 0.05) is 42.1 Å². The number of benzene rings is 2. The molecule has 0 atom stereocenters. The first kappa shape index (κ1) is 22.9. The van der Waals surface area contributed by atoms with Gasteiger partial charge in [-0.05, 0) is 62.7 Å². The average Bonchev–Trinajstić information content (AvgIpc) is 2.75. The Balaban J connectivity index is 1.93. The van der Waals surface area contributed by atoms with Crippen molar-refractivity contribution in [3.8, 4) is 0 Å². The van der Waals surface area contributed by atoms with Gasteiger partial charge in [-0.15, -0.1) is 0 Å². The van der Waals surface area contributed by atoms with E-state index in [4.69, 9.17) is 0 Å². The fourth-order valence-electron chi connectivity index (χ4n) is 2.88. The normalized spacial score (nSPS) is 10.3. The lowest BCUT2D eigenvalue weighted by Gasteiger charge is -2.18. The van der Waals surface area contributed by atoms with Crippen molar-refractivity contribution in [3.05, 3.63) is 53.6 Å². The highest BCUT2D eigenvalue weighted by Crippen LogP contribution is 2.20. The summed E-state index contributed by atoms with van der Waals surface area (Å²) in [5, 5.41) is 8.71. The second-order valence-corrected chi connectivity index (χ2v) is 6.89. The van der Waals surface area contributed by atoms with Gasteiger partial charge in [0.25, 0.3) is 5.91 Å². The van der Waals surface area contributed by atoms with Crippen LogP contribution in [-0.2, 0) is 9.59 Å². The van der Waals surface area contributed by atoms with Gasteiger partial charge in [0.2, 0.25) is 11.8 Å². The van der Waals surface area contributed by atoms with E-state index in [0.29, 0.717) is 30.8 Å². The molecule has 7 heteroatoms. The van der Waals surface area contributed by atoms with Gasteiger partial charge in [0.1, 0.15) is 0 Å². The summed E-state index contributed by atoms with van der Waals surface area (Å²) in [6.45, 7) is 8.98. The van der Waals surface area contributed by atoms with Crippen LogP contribution in [0.25, 0.3) is 0 Å². The number of carbonyl (C=O) groups is 3. The van der Waals surface area contributed by atoms with Gasteiger partial charge < -0.3 is 20.9 Å². The van der Waals surface area contributed by atoms with Crippen LogP contribution in [0.1, 0.15) is 43.1 Å². The fraction of sp³-hybridized carbons (Fsp3) is 0.348. The third-order valence-electron chi connectivity index (χ3n) is 4.75. The van der Waals surface area contributed by atoms with Crippen LogP contribution >= 0.6 is 0 Å². The van der Waals surface area contributed by atoms with E-state index in [1.165, 1.54) is 0 Å². The number of hydrogen-bond acceptors (Lipinski definition) is 4. The minimum absolute atomic E-state index is 0.0233. The second-order valence-electron chi connectivity index (χ2n) is 6.89. The molecule has 0 aliphatic rings. The summed E-state index contributed by atoms with van der Waals surface area (Å²) in [6, 6.07) is 12.4. The number of rotatable bonds is 9. The number of hydrogen-bond donors (Lipinski definition) is 3. The molecule has 0 fully saturated rings. The van der Waals surface area contributed by atoms with Gasteiger partial charge in [0.05, 0.1) is 6.54 Å². The number of nitrogens with one attached hydrogen (secondary N) is 3. The standard InChI is InChI=1S/C23H30N4O3/c1-5-21(28)26-20-14-19(11-8-16(20)4)24-15-22(29)25-18-12-9-17(10-13-18)23(30)27(6-2)7-3/h8-14,24H,5-7,15H2,1-4H3,(H,25,29)(H,26,28). The SMILES string of the molecule is CCC(=O)Nc1cc(NCC(=O)Nc2ccc(C(=O)N(CC)CC)cc2)ccc1C. The fourth-order valence-corrected chi connectivity index (χ4v) is 2.88. The lowest BCUT2D eigenvalue weighted by Crippen LogP contribution is -2.30. The largest absolute Gasteiger partial charge is 0.376 e. The zero-order valence-electron chi connectivity index (χ0n) is 18.0. The van der Waals surface area contributed by atoms with E-state index in [0.717, 1.165) is 16.9 Å². The minimum atomic E-state index is -0.211. The molecule has 160 valence electrons. The van der Waals surface area contributed by atoms with Crippen molar-refractivity contribution in [2.24, 2.45) is 0 Å². The van der Waals surface area contributed by atoms with Crippen molar-refractivity contribution in [1.29, 1.82) is 0 Å². The number of anilines is 3. The number of carbonyl (C=O) groups excluding carboxylic acids is 3. The predicted molar refractivity (Wildman–Crippen MR) is 121 cm³/mol. The molecular weight excluding hydrogens is 380 g/mol. The zero-order chi connectivity index (χ0) is 22.1. The van der Waals surface area contributed by atoms with E-state index in [1.807, 2.05) is 39.0 Å². The molecule has 0 aliphatic heterocycles. The van der Waals surface area contributed by atoms with Crippen molar-refractivity contribution < 1.29 is 14.4 Å². The molecule has 0 aliphatic carbocycles. The number of aryl methyl sites for hydroxylation is 1. The van der Waals surface area contributed by atoms with Crippen molar-refractivity contribution in [1.82, 2.24) is 4.90 Å². The third kappa shape index (κ3) is 6.34. The molecule has 0 saturated carbocycles. The van der Waals surface area contributed by atoms with Gasteiger partial charge in [-0.25, -0.2) is 0 Å². The molecule has 2 rings (SSSR count). The van der Waals surface area contributed by atoms with Crippen LogP contribution in [0.15, 0.2) is 42.5 Å². The maximum absolute atomic E-state index is 12.3. The van der Waals surface area contributed by atoms with Gasteiger partial charge in [-0.3, -0.25) is 14.4 Å². The summed E-state index contributed by atoms with van der Waals surface area (Å²) in [5.74, 6) is -0.293. The Kier molecular flexibility index (Phi) is 8.41. The molecule has 7 nitrogen and oxygen atoms in total. The Morgan fingerprint density at radius 1 is 0.833 bits per heavy atom. The van der Waals surface area contributed by atoms with E-state index >= 15 is 0 Å². The molecule has 0 spiro atoms. The van der Waals surface area contributed by atoms with Gasteiger partial charge in [-0.1, -0.05) is 13.0 Å². The topological polar surface area (TPSA) is 90.5 Å². The summed E-state index contributed by atoms with van der Waals surface area (Å²) >= 11 is 0. The third-order valence-corrected chi connectivity index (χ3v) is 4.75. The molecule has 3 N–H and O–H groups in total. The van der Waals surface area contributed by atoms with E-state index in [2.05, 4.69) is 16.0 Å². The highest BCUT2D eigenvalue weighted by Gasteiger charge is 2.12. The molecule has 3 amide bonds. The Morgan fingerprint density at radius 2 is 1.47 bits per heavy atom. The Morgan fingerprint density at radius 3 is 2.07 bits per heavy atom. The molecule has 2 aromatic rings. The molecular formula is C23H30N4O3. The maximum atomic E-state index is 12.3. The zero-order valence-corrected chi connectivity index (χ0v) is 18.0. The summed E-state index contributed by atoms with van der Waals surface area (Å²) in [7, 11) is 0. The smallest absolute Gasteiger partial charge is 0.253 e. The molecule has 0 bridgehead atoms. The first-order chi connectivity index (χ1) is 14.4. The van der Waals surface area contributed by atoms with Gasteiger partial charge in [0.15, 0.2) is 0 Å². The Bertz CT molecular complexity index is 890. The van der Waals surface area contributed by atoms with Crippen molar-refractivity contribution in [2.75, 3.05) is 35.6 Å². The van der Waals surface area contributed by atoms with Crippen LogP contribution in [0, 0.1) is 6.92 Å². The van der Waals surface area contributed by atoms with Crippen molar-refractivity contribution >= 4 is 34.8 Å². The minimum Gasteiger partial charge on any atom is -0.376 e. The Labute approximate surface area is 177 Å². The Hall–Kier alpha value is -3.35. The maximum Gasteiger partial charge on any atom is 0.253 e. The van der Waals surface area contributed by atoms with E-state index in [-0.39, 0.29) is 24.3 Å². The molecule has 30 heavy (non-hydrogen) atoms. The first-order valence-corrected chi connectivity index (χ1v) is 10.2. The van der Waals surface area contributed by atoms with Crippen LogP contribution < -0.4 is 16.0 Å². The quantitative estimate of drug-likeness (QED) is 0.585. The number of amides is 3. The van der Waals surface area contributed by atoms with E-state index in [1.54, 1.807) is 36.1 Å². The molecule has 0 aromatic heterocycles. The summed E-state index contributed by atoms with van der Waals surface area (Å²) < 4.78 is 0. The highest BCUT2D eigenvalue weighted by molar-refractivity contribution is 5.97. The van der Waals surface area contributed by atoms with Crippen LogP contribution in [0.2, 0.25) is 0 Å². The van der Waals surface area contributed by atoms with Crippen LogP contribution in [0.3, 0.4) is 0 Å². The van der Waals surface area contributed by atoms with Crippen molar-refractivity contribution in [3.63, 3.8) is 0 Å². The monoisotopic (exact) mass is 410 g/mol. The molecule has 0 heterocycles. The second kappa shape index (κ2) is 11.0. The van der Waals surface area contributed by atoms with Gasteiger partial charge in [-0.2, -0.15) is 0 Å². The summed E-state index contributed by atoms with van der Waals surface area (Å²) in [5.41, 5.74) is 3.63. The van der Waals surface area contributed by atoms with Crippen LogP contribution in [0.4, 0.5) is 17.1 Å². The predicted octanol–water partition coefficient (Wildman–Crippen LogP) is 3.88. The lowest BCUT2D eigenvalue weighted by atomic mass is 10.1. The van der Waals surface area contributed by atoms with E-state index in [9.17, 15) is 14.4 Å². The first-order valence-electron chi connectivity index (χ1n) is 10.2. The average molecular weight is 411 g/mol. The van der Waals surface area contributed by atoms with Crippen molar-refractivity contribution in [2.45, 2.75) is 34.1 Å². The van der Waals surface area contributed by atoms with Gasteiger partial charge >= 0.3 is 0 Å². The number of nitrogens with zero attached hydrogens (tertiary/aromatic N) is 1. The molecule has 0 radical (unpaired) electrons. The van der Waals surface area contributed by atoms with E-state index < -0.39 is 0 Å². The highest BCUT2D eigenvalue weighted by atomic mass is 16.2.